The monoisotopic (exact) mass is 379 g/mol. The molecule has 0 fully saturated rings. The van der Waals surface area contributed by atoms with Crippen molar-refractivity contribution >= 4 is 34.5 Å². The van der Waals surface area contributed by atoms with Gasteiger partial charge in [0.1, 0.15) is 28.6 Å². The van der Waals surface area contributed by atoms with E-state index in [1.807, 2.05) is 0 Å². The molecule has 0 bridgehead atoms. The van der Waals surface area contributed by atoms with Gasteiger partial charge in [0.25, 0.3) is 0 Å². The lowest BCUT2D eigenvalue weighted by atomic mass is 10.1. The van der Waals surface area contributed by atoms with E-state index >= 15 is 0 Å². The Morgan fingerprint density at radius 1 is 0.852 bits per heavy atom. The van der Waals surface area contributed by atoms with Gasteiger partial charge in [-0.1, -0.05) is 11.6 Å². The maximum atomic E-state index is 9.74. The molecule has 6 heteroatoms. The Kier molecular flexibility index (Phi) is 4.22. The Morgan fingerprint density at radius 2 is 1.59 bits per heavy atom. The lowest BCUT2D eigenvalue weighted by Gasteiger charge is -2.01. The third-order valence-corrected chi connectivity index (χ3v) is 4.42. The van der Waals surface area contributed by atoms with E-state index in [2.05, 4.69) is 4.99 Å². The van der Waals surface area contributed by atoms with Gasteiger partial charge in [-0.3, -0.25) is 4.99 Å². The molecule has 0 saturated carbocycles. The maximum Gasteiger partial charge on any atom is 0.144 e. The van der Waals surface area contributed by atoms with Crippen molar-refractivity contribution in [2.24, 2.45) is 4.99 Å². The number of hydrogen-bond acceptors (Lipinski definition) is 5. The zero-order chi connectivity index (χ0) is 19.0. The van der Waals surface area contributed by atoms with Gasteiger partial charge in [0.05, 0.1) is 10.7 Å². The van der Waals surface area contributed by atoms with Gasteiger partial charge in [-0.05, 0) is 54.6 Å². The molecule has 4 rings (SSSR count). The number of hydrogen-bond donors (Lipinski definition) is 3. The van der Waals surface area contributed by atoms with E-state index in [1.165, 1.54) is 12.1 Å². The van der Waals surface area contributed by atoms with Crippen molar-refractivity contribution in [3.63, 3.8) is 0 Å². The van der Waals surface area contributed by atoms with E-state index in [1.54, 1.807) is 54.7 Å². The second kappa shape index (κ2) is 6.70. The molecule has 0 radical (unpaired) electrons. The highest BCUT2D eigenvalue weighted by Gasteiger charge is 2.15. The Balaban J connectivity index is 1.86. The molecule has 3 N–H and O–H groups in total. The topological polar surface area (TPSA) is 86.2 Å². The minimum Gasteiger partial charge on any atom is -0.508 e. The number of furan rings is 1. The molecule has 5 nitrogen and oxygen atoms in total. The summed E-state index contributed by atoms with van der Waals surface area (Å²) in [4.78, 5) is 4.43. The van der Waals surface area contributed by atoms with E-state index in [-0.39, 0.29) is 22.3 Å². The van der Waals surface area contributed by atoms with Gasteiger partial charge in [0.15, 0.2) is 0 Å². The molecule has 0 spiro atoms. The summed E-state index contributed by atoms with van der Waals surface area (Å²) in [6.45, 7) is 0. The first-order valence-corrected chi connectivity index (χ1v) is 8.46. The van der Waals surface area contributed by atoms with Crippen molar-refractivity contribution in [3.05, 3.63) is 71.2 Å². The number of rotatable bonds is 3. The average Bonchev–Trinajstić information content (AvgIpc) is 3.01. The quantitative estimate of drug-likeness (QED) is 0.403. The third-order valence-electron chi connectivity index (χ3n) is 4.12. The first-order chi connectivity index (χ1) is 13.0. The lowest BCUT2D eigenvalue weighted by Crippen LogP contribution is -1.84. The molecule has 1 aromatic heterocycles. The largest absolute Gasteiger partial charge is 0.508 e. The number of halogens is 1. The second-order valence-corrected chi connectivity index (χ2v) is 6.37. The van der Waals surface area contributed by atoms with E-state index in [9.17, 15) is 15.3 Å². The van der Waals surface area contributed by atoms with Crippen molar-refractivity contribution in [2.45, 2.75) is 0 Å². The predicted molar refractivity (Wildman–Crippen MR) is 105 cm³/mol. The highest BCUT2D eigenvalue weighted by atomic mass is 35.5. The molecule has 0 atom stereocenters. The average molecular weight is 380 g/mol. The summed E-state index contributed by atoms with van der Waals surface area (Å²) in [5.41, 5.74) is 2.57. The fourth-order valence-corrected chi connectivity index (χ4v) is 2.95. The second-order valence-electron chi connectivity index (χ2n) is 5.97. The molecule has 0 unspecified atom stereocenters. The molecule has 4 aromatic rings. The third kappa shape index (κ3) is 3.32. The predicted octanol–water partition coefficient (Wildman–Crippen LogP) is 5.62. The molecular weight excluding hydrogens is 366 g/mol. The summed E-state index contributed by atoms with van der Waals surface area (Å²) < 4.78 is 5.94. The van der Waals surface area contributed by atoms with Crippen molar-refractivity contribution < 1.29 is 19.7 Å². The highest BCUT2D eigenvalue weighted by molar-refractivity contribution is 6.32. The van der Waals surface area contributed by atoms with Crippen LogP contribution in [0.15, 0.2) is 70.1 Å². The molecule has 0 aliphatic carbocycles. The van der Waals surface area contributed by atoms with Gasteiger partial charge in [-0.15, -0.1) is 0 Å². The number of phenols is 3. The van der Waals surface area contributed by atoms with E-state index in [0.29, 0.717) is 17.0 Å². The number of fused-ring (bicyclic) bond motifs is 1. The highest BCUT2D eigenvalue weighted by Crippen LogP contribution is 2.35. The molecule has 3 aromatic carbocycles. The lowest BCUT2D eigenvalue weighted by molar-refractivity contribution is 0.474. The van der Waals surface area contributed by atoms with Crippen LogP contribution in [0, 0.1) is 0 Å². The zero-order valence-corrected chi connectivity index (χ0v) is 14.7. The molecule has 1 heterocycles. The van der Waals surface area contributed by atoms with Crippen LogP contribution in [0.25, 0.3) is 22.3 Å². The minimum absolute atomic E-state index is 0.00960. The summed E-state index contributed by atoms with van der Waals surface area (Å²) in [5.74, 6) is 0.803. The normalized spacial score (nSPS) is 11.4. The standard InChI is InChI=1S/C21H14ClNO4/c22-18-9-13(3-8-19(18)26)23-11-17-16-7-6-15(25)10-20(16)27-21(17)12-1-4-14(24)5-2-12/h1-11,24-26H. The van der Waals surface area contributed by atoms with Crippen LogP contribution in [0.4, 0.5) is 5.69 Å². The summed E-state index contributed by atoms with van der Waals surface area (Å²) in [5, 5.41) is 29.8. The Morgan fingerprint density at radius 3 is 2.33 bits per heavy atom. The van der Waals surface area contributed by atoms with Crippen LogP contribution < -0.4 is 0 Å². The molecule has 27 heavy (non-hydrogen) atoms. The van der Waals surface area contributed by atoms with Crippen molar-refractivity contribution in [1.29, 1.82) is 0 Å². The van der Waals surface area contributed by atoms with Crippen LogP contribution in [-0.2, 0) is 0 Å². The van der Waals surface area contributed by atoms with Crippen LogP contribution in [0.5, 0.6) is 17.2 Å². The van der Waals surface area contributed by atoms with Gasteiger partial charge in [0.2, 0.25) is 0 Å². The SMILES string of the molecule is Oc1ccc(-c2oc3cc(O)ccc3c2C=Nc2ccc(O)c(Cl)c2)cc1. The van der Waals surface area contributed by atoms with Crippen molar-refractivity contribution in [1.82, 2.24) is 0 Å². The van der Waals surface area contributed by atoms with Crippen molar-refractivity contribution in [2.75, 3.05) is 0 Å². The van der Waals surface area contributed by atoms with Crippen LogP contribution in [-0.4, -0.2) is 21.5 Å². The smallest absolute Gasteiger partial charge is 0.144 e. The van der Waals surface area contributed by atoms with Crippen molar-refractivity contribution in [3.8, 4) is 28.6 Å². The molecule has 134 valence electrons. The first kappa shape index (κ1) is 17.0. The van der Waals surface area contributed by atoms with Crippen LogP contribution in [0.1, 0.15) is 5.56 Å². The zero-order valence-electron chi connectivity index (χ0n) is 13.9. The van der Waals surface area contributed by atoms with E-state index in [4.69, 9.17) is 16.0 Å². The number of benzene rings is 3. The first-order valence-electron chi connectivity index (χ1n) is 8.09. The van der Waals surface area contributed by atoms with Crippen LogP contribution in [0.2, 0.25) is 5.02 Å². The van der Waals surface area contributed by atoms with E-state index < -0.39 is 0 Å². The number of aliphatic imine (C=N–C) groups is 1. The molecule has 0 saturated heterocycles. The van der Waals surface area contributed by atoms with Gasteiger partial charge in [-0.2, -0.15) is 0 Å². The molecule has 0 aliphatic rings. The summed E-state index contributed by atoms with van der Waals surface area (Å²) in [7, 11) is 0. The minimum atomic E-state index is -0.00960. The van der Waals surface area contributed by atoms with Crippen LogP contribution >= 0.6 is 11.6 Å². The number of aromatic hydroxyl groups is 3. The van der Waals surface area contributed by atoms with Gasteiger partial charge < -0.3 is 19.7 Å². The molecule has 0 aliphatic heterocycles. The summed E-state index contributed by atoms with van der Waals surface area (Å²) in [6, 6.07) is 16.2. The van der Waals surface area contributed by atoms with Gasteiger partial charge >= 0.3 is 0 Å². The van der Waals surface area contributed by atoms with Gasteiger partial charge in [0, 0.05) is 28.8 Å². The van der Waals surface area contributed by atoms with E-state index in [0.717, 1.165) is 16.5 Å². The fourth-order valence-electron chi connectivity index (χ4n) is 2.78. The Bertz CT molecular complexity index is 1160. The summed E-state index contributed by atoms with van der Waals surface area (Å²) >= 11 is 5.94. The van der Waals surface area contributed by atoms with Gasteiger partial charge in [-0.25, -0.2) is 0 Å². The summed E-state index contributed by atoms with van der Waals surface area (Å²) in [6.07, 6.45) is 1.65. The number of nitrogens with zero attached hydrogens (tertiary/aromatic N) is 1. The maximum absolute atomic E-state index is 9.74. The Labute approximate surface area is 159 Å². The Hall–Kier alpha value is -3.44. The molecule has 0 amide bonds. The molecular formula is C21H14ClNO4. The van der Waals surface area contributed by atoms with Crippen LogP contribution in [0.3, 0.4) is 0 Å². The number of phenolic OH excluding ortho intramolecular Hbond substituents is 3. The fraction of sp³-hybridized carbons (Fsp3) is 0.